The molecule has 1 aromatic rings. The summed E-state index contributed by atoms with van der Waals surface area (Å²) in [4.78, 5) is 0. The van der Waals surface area contributed by atoms with Gasteiger partial charge in [-0.05, 0) is 5.56 Å². The summed E-state index contributed by atoms with van der Waals surface area (Å²) in [6.45, 7) is 1.40. The molecule has 0 aliphatic heterocycles. The third-order valence-electron chi connectivity index (χ3n) is 1.05. The van der Waals surface area contributed by atoms with Crippen LogP contribution in [0.3, 0.4) is 0 Å². The highest BCUT2D eigenvalue weighted by atomic mass is 16.5. The van der Waals surface area contributed by atoms with Crippen LogP contribution in [0.1, 0.15) is 5.56 Å². The third-order valence-corrected chi connectivity index (χ3v) is 1.05. The van der Waals surface area contributed by atoms with Gasteiger partial charge in [-0.15, -0.1) is 0 Å². The molecule has 0 aliphatic rings. The molecule has 0 aromatic heterocycles. The highest BCUT2D eigenvalue weighted by molar-refractivity contribution is 5.19. The van der Waals surface area contributed by atoms with E-state index in [4.69, 9.17) is 5.26 Å². The molecule has 10 heavy (non-hydrogen) atoms. The minimum absolute atomic E-state index is 0.893. The highest BCUT2D eigenvalue weighted by Crippen LogP contribution is 2.00. The van der Waals surface area contributed by atoms with Gasteiger partial charge in [-0.1, -0.05) is 30.3 Å². The number of ether oxygens (including phenoxy) is 1. The molecule has 0 spiro atoms. The second-order valence-electron chi connectivity index (χ2n) is 1.74. The molecular weight excluding hydrogens is 126 g/mol. The quantitative estimate of drug-likeness (QED) is 0.573. The number of nitriles is 1. The predicted octanol–water partition coefficient (Wildman–Crippen LogP) is 1.69. The summed E-state index contributed by atoms with van der Waals surface area (Å²) < 4.78 is 4.40. The van der Waals surface area contributed by atoms with Crippen LogP contribution in [0.2, 0.25) is 0 Å². The van der Waals surface area contributed by atoms with Crippen molar-refractivity contribution >= 4 is 0 Å². The first-order valence-corrected chi connectivity index (χ1v) is 2.86. The Kier molecular flexibility index (Phi) is 2.33. The van der Waals surface area contributed by atoms with Gasteiger partial charge in [0.2, 0.25) is 0 Å². The smallest absolute Gasteiger partial charge is 0.287 e. The van der Waals surface area contributed by atoms with Crippen molar-refractivity contribution in [3.63, 3.8) is 0 Å². The summed E-state index contributed by atoms with van der Waals surface area (Å²) in [6, 6.07) is 9.39. The van der Waals surface area contributed by atoms with Crippen LogP contribution in [0, 0.1) is 18.1 Å². The Balaban J connectivity index is 2.52. The summed E-state index contributed by atoms with van der Waals surface area (Å²) in [5.74, 6) is 0. The fourth-order valence-electron chi connectivity index (χ4n) is 0.626. The van der Waals surface area contributed by atoms with Crippen molar-refractivity contribution in [3.8, 4) is 6.26 Å². The third kappa shape index (κ3) is 1.79. The van der Waals surface area contributed by atoms with Crippen molar-refractivity contribution in [2.75, 3.05) is 0 Å². The molecule has 0 N–H and O–H groups in total. The Morgan fingerprint density at radius 1 is 1.30 bits per heavy atom. The van der Waals surface area contributed by atoms with Crippen LogP contribution >= 0.6 is 0 Å². The molecule has 0 aliphatic carbocycles. The van der Waals surface area contributed by atoms with Gasteiger partial charge in [0.05, 0.1) is 0 Å². The summed E-state index contributed by atoms with van der Waals surface area (Å²) in [7, 11) is 0. The van der Waals surface area contributed by atoms with Gasteiger partial charge < -0.3 is 4.74 Å². The lowest BCUT2D eigenvalue weighted by atomic mass is 10.2. The van der Waals surface area contributed by atoms with E-state index in [0.29, 0.717) is 0 Å². The van der Waals surface area contributed by atoms with Crippen molar-refractivity contribution in [2.45, 2.75) is 0 Å². The molecule has 0 atom stereocenters. The van der Waals surface area contributed by atoms with E-state index in [1.54, 1.807) is 6.26 Å². The first-order chi connectivity index (χ1) is 4.93. The Morgan fingerprint density at radius 3 is 2.60 bits per heavy atom. The van der Waals surface area contributed by atoms with Crippen molar-refractivity contribution in [1.82, 2.24) is 0 Å². The molecule has 1 rings (SSSR count). The maximum absolute atomic E-state index is 8.02. The SMILES string of the molecule is N#CO[CH]c1ccccc1. The summed E-state index contributed by atoms with van der Waals surface area (Å²) in [5, 5.41) is 8.02. The minimum Gasteiger partial charge on any atom is -0.415 e. The zero-order valence-corrected chi connectivity index (χ0v) is 5.32. The van der Waals surface area contributed by atoms with E-state index in [2.05, 4.69) is 4.74 Å². The molecule has 0 saturated heterocycles. The maximum atomic E-state index is 8.02. The van der Waals surface area contributed by atoms with Crippen LogP contribution in [-0.4, -0.2) is 0 Å². The van der Waals surface area contributed by atoms with E-state index in [-0.39, 0.29) is 0 Å². The Labute approximate surface area is 59.7 Å². The zero-order valence-electron chi connectivity index (χ0n) is 5.32. The average molecular weight is 132 g/mol. The lowest BCUT2D eigenvalue weighted by Crippen LogP contribution is -1.80. The number of hydrogen-bond donors (Lipinski definition) is 0. The van der Waals surface area contributed by atoms with Crippen LogP contribution in [0.25, 0.3) is 0 Å². The van der Waals surface area contributed by atoms with Gasteiger partial charge in [0.25, 0.3) is 6.26 Å². The minimum atomic E-state index is 0.893. The van der Waals surface area contributed by atoms with E-state index >= 15 is 0 Å². The van der Waals surface area contributed by atoms with Gasteiger partial charge in [0.1, 0.15) is 0 Å². The molecular formula is C8H6NO. The van der Waals surface area contributed by atoms with E-state index in [9.17, 15) is 0 Å². The van der Waals surface area contributed by atoms with Gasteiger partial charge in [-0.25, -0.2) is 0 Å². The Bertz CT molecular complexity index is 225. The van der Waals surface area contributed by atoms with E-state index in [0.717, 1.165) is 5.56 Å². The normalized spacial score (nSPS) is 8.30. The molecule has 0 fully saturated rings. The van der Waals surface area contributed by atoms with Crippen LogP contribution in [0.15, 0.2) is 30.3 Å². The summed E-state index contributed by atoms with van der Waals surface area (Å²) in [6.07, 6.45) is 1.56. The van der Waals surface area contributed by atoms with Crippen LogP contribution in [0.4, 0.5) is 0 Å². The maximum Gasteiger partial charge on any atom is 0.287 e. The molecule has 0 heterocycles. The summed E-state index contributed by atoms with van der Waals surface area (Å²) >= 11 is 0. The van der Waals surface area contributed by atoms with Gasteiger partial charge in [-0.3, -0.25) is 0 Å². The lowest BCUT2D eigenvalue weighted by Gasteiger charge is -1.93. The molecule has 1 aromatic carbocycles. The number of benzene rings is 1. The number of hydrogen-bond acceptors (Lipinski definition) is 2. The molecule has 2 heteroatoms. The molecule has 0 amide bonds. The van der Waals surface area contributed by atoms with Gasteiger partial charge in [0.15, 0.2) is 6.61 Å². The molecule has 0 saturated carbocycles. The molecule has 1 radical (unpaired) electrons. The van der Waals surface area contributed by atoms with Gasteiger partial charge in [-0.2, -0.15) is 5.26 Å². The van der Waals surface area contributed by atoms with E-state index < -0.39 is 0 Å². The number of rotatable bonds is 2. The standard InChI is InChI=1S/C8H6NO/c9-7-10-6-8-4-2-1-3-5-8/h1-6H. The van der Waals surface area contributed by atoms with E-state index in [1.165, 1.54) is 6.61 Å². The molecule has 49 valence electrons. The lowest BCUT2D eigenvalue weighted by molar-refractivity contribution is 0.377. The monoisotopic (exact) mass is 132 g/mol. The molecule has 0 unspecified atom stereocenters. The van der Waals surface area contributed by atoms with Crippen LogP contribution in [0.5, 0.6) is 0 Å². The second kappa shape index (κ2) is 3.52. The molecule has 2 nitrogen and oxygen atoms in total. The van der Waals surface area contributed by atoms with Gasteiger partial charge in [0, 0.05) is 0 Å². The largest absolute Gasteiger partial charge is 0.415 e. The average Bonchev–Trinajstić information content (AvgIpc) is 2.03. The summed E-state index contributed by atoms with van der Waals surface area (Å²) in [5.41, 5.74) is 0.893. The second-order valence-corrected chi connectivity index (χ2v) is 1.74. The van der Waals surface area contributed by atoms with E-state index in [1.807, 2.05) is 30.3 Å². The van der Waals surface area contributed by atoms with Crippen molar-refractivity contribution in [2.24, 2.45) is 0 Å². The van der Waals surface area contributed by atoms with Gasteiger partial charge >= 0.3 is 0 Å². The fraction of sp³-hybridized carbons (Fsp3) is 0. The molecule has 0 bridgehead atoms. The Hall–Kier alpha value is -1.49. The first kappa shape index (κ1) is 6.63. The van der Waals surface area contributed by atoms with Crippen molar-refractivity contribution in [1.29, 1.82) is 5.26 Å². The zero-order chi connectivity index (χ0) is 7.23. The van der Waals surface area contributed by atoms with Crippen molar-refractivity contribution in [3.05, 3.63) is 42.5 Å². The Morgan fingerprint density at radius 2 is 2.00 bits per heavy atom. The van der Waals surface area contributed by atoms with Crippen LogP contribution < -0.4 is 0 Å². The fourth-order valence-corrected chi connectivity index (χ4v) is 0.626. The number of nitrogens with zero attached hydrogens (tertiary/aromatic N) is 1. The predicted molar refractivity (Wildman–Crippen MR) is 36.5 cm³/mol. The topological polar surface area (TPSA) is 33.0 Å². The van der Waals surface area contributed by atoms with Crippen LogP contribution in [-0.2, 0) is 4.74 Å². The van der Waals surface area contributed by atoms with Crippen molar-refractivity contribution < 1.29 is 4.74 Å². The highest BCUT2D eigenvalue weighted by Gasteiger charge is 1.88. The first-order valence-electron chi connectivity index (χ1n) is 2.86.